The van der Waals surface area contributed by atoms with Crippen LogP contribution in [0.1, 0.15) is 53.5 Å². The molecule has 1 atom stereocenters. The molecule has 0 aliphatic rings. The number of benzene rings is 1. The fourth-order valence-corrected chi connectivity index (χ4v) is 2.73. The molecule has 0 amide bonds. The van der Waals surface area contributed by atoms with Crippen LogP contribution < -0.4 is 39.4 Å². The van der Waals surface area contributed by atoms with Crippen molar-refractivity contribution in [2.24, 2.45) is 5.41 Å². The fraction of sp³-hybridized carbons (Fsp3) is 0.625. The van der Waals surface area contributed by atoms with E-state index in [4.69, 9.17) is 4.74 Å². The van der Waals surface area contributed by atoms with Crippen LogP contribution in [0.2, 0.25) is 0 Å². The number of para-hydroxylation sites is 1. The predicted molar refractivity (Wildman–Crippen MR) is 73.6 cm³/mol. The Hall–Kier alpha value is -0.0200. The Morgan fingerprint density at radius 2 is 1.63 bits per heavy atom. The second-order valence-electron chi connectivity index (χ2n) is 6.80. The smallest absolute Gasteiger partial charge is 0.822 e. The summed E-state index contributed by atoms with van der Waals surface area (Å²) in [5, 5.41) is 11.2. The van der Waals surface area contributed by atoms with Gasteiger partial charge in [0.1, 0.15) is 5.75 Å². The molecule has 0 spiro atoms. The molecule has 0 N–H and O–H groups in total. The Kier molecular flexibility index (Phi) is 7.11. The van der Waals surface area contributed by atoms with Gasteiger partial charge in [-0.15, -0.1) is 0 Å². The summed E-state index contributed by atoms with van der Waals surface area (Å²) in [6, 6.07) is 7.86. The summed E-state index contributed by atoms with van der Waals surface area (Å²) in [4.78, 5) is 0. The molecule has 0 aliphatic carbocycles. The molecule has 1 aromatic rings. The number of rotatable bonds is 4. The number of ether oxygens (including phenoxy) is 1. The van der Waals surface area contributed by atoms with E-state index < -0.39 is 6.29 Å². The summed E-state index contributed by atoms with van der Waals surface area (Å²) in [6.07, 6.45) is 0.00439. The van der Waals surface area contributed by atoms with E-state index in [0.717, 1.165) is 12.0 Å². The molecule has 1 unspecified atom stereocenters. The Bertz CT molecular complexity index is 392. The van der Waals surface area contributed by atoms with Crippen molar-refractivity contribution in [3.05, 3.63) is 29.8 Å². The number of hydrogen-bond acceptors (Lipinski definition) is 2. The van der Waals surface area contributed by atoms with Crippen molar-refractivity contribution >= 4 is 0 Å². The van der Waals surface area contributed by atoms with Crippen LogP contribution in [0.4, 0.5) is 0 Å². The van der Waals surface area contributed by atoms with E-state index in [2.05, 4.69) is 40.7 Å². The standard InChI is InChI=1S/C16H25O2.Na/c1-12(17)18-14-10-8-7-9-13(14)16(5,6)11-15(2,3)4;/h7-10,12H,11H2,1-6H3;/q-1;+1. The van der Waals surface area contributed by atoms with Crippen LogP contribution in [0.15, 0.2) is 24.3 Å². The molecular formula is C16H25NaO2. The van der Waals surface area contributed by atoms with E-state index >= 15 is 0 Å². The van der Waals surface area contributed by atoms with Gasteiger partial charge >= 0.3 is 29.6 Å². The molecule has 0 heterocycles. The molecule has 1 aromatic carbocycles. The van der Waals surface area contributed by atoms with Gasteiger partial charge in [-0.25, -0.2) is 0 Å². The van der Waals surface area contributed by atoms with Crippen LogP contribution in [-0.2, 0) is 5.41 Å². The predicted octanol–water partition coefficient (Wildman–Crippen LogP) is 0.490. The second-order valence-corrected chi connectivity index (χ2v) is 6.80. The van der Waals surface area contributed by atoms with Gasteiger partial charge in [-0.1, -0.05) is 52.8 Å². The van der Waals surface area contributed by atoms with Crippen molar-refractivity contribution in [3.63, 3.8) is 0 Å². The van der Waals surface area contributed by atoms with Crippen molar-refractivity contribution in [2.75, 3.05) is 0 Å². The van der Waals surface area contributed by atoms with E-state index in [-0.39, 0.29) is 40.4 Å². The normalized spacial score (nSPS) is 13.6. The molecule has 3 heteroatoms. The van der Waals surface area contributed by atoms with Crippen molar-refractivity contribution in [3.8, 4) is 5.75 Å². The Balaban J connectivity index is 0.00000324. The first kappa shape index (κ1) is 19.0. The monoisotopic (exact) mass is 272 g/mol. The third-order valence-electron chi connectivity index (χ3n) is 2.88. The first-order valence-electron chi connectivity index (χ1n) is 6.54. The van der Waals surface area contributed by atoms with Gasteiger partial charge in [-0.05, 0) is 35.8 Å². The molecule has 1 rings (SSSR count). The zero-order valence-corrected chi connectivity index (χ0v) is 15.4. The zero-order valence-electron chi connectivity index (χ0n) is 13.4. The second kappa shape index (κ2) is 7.12. The van der Waals surface area contributed by atoms with Gasteiger partial charge in [-0.3, -0.25) is 0 Å². The average molecular weight is 272 g/mol. The number of hydrogen-bond donors (Lipinski definition) is 0. The summed E-state index contributed by atoms with van der Waals surface area (Å²) in [5.74, 6) is 0.717. The van der Waals surface area contributed by atoms with E-state index in [9.17, 15) is 5.11 Å². The molecular weight excluding hydrogens is 247 g/mol. The first-order valence-corrected chi connectivity index (χ1v) is 6.54. The van der Waals surface area contributed by atoms with Gasteiger partial charge in [0.25, 0.3) is 0 Å². The maximum Gasteiger partial charge on any atom is 1.00 e. The molecule has 2 nitrogen and oxygen atoms in total. The third-order valence-corrected chi connectivity index (χ3v) is 2.88. The summed E-state index contributed by atoms with van der Waals surface area (Å²) < 4.78 is 5.39. The van der Waals surface area contributed by atoms with Crippen LogP contribution in [0.3, 0.4) is 0 Å². The molecule has 0 radical (unpaired) electrons. The molecule has 0 aromatic heterocycles. The maximum atomic E-state index is 11.2. The minimum absolute atomic E-state index is 0. The summed E-state index contributed by atoms with van der Waals surface area (Å²) in [6.45, 7) is 12.6. The average Bonchev–Trinajstić information content (AvgIpc) is 2.13. The van der Waals surface area contributed by atoms with Gasteiger partial charge in [-0.2, -0.15) is 0 Å². The van der Waals surface area contributed by atoms with Crippen LogP contribution in [-0.4, -0.2) is 6.29 Å². The Morgan fingerprint density at radius 3 is 2.11 bits per heavy atom. The molecule has 0 aliphatic heterocycles. The fourth-order valence-electron chi connectivity index (χ4n) is 2.73. The topological polar surface area (TPSA) is 32.3 Å². The third kappa shape index (κ3) is 6.31. The Morgan fingerprint density at radius 1 is 1.11 bits per heavy atom. The molecule has 19 heavy (non-hydrogen) atoms. The van der Waals surface area contributed by atoms with Gasteiger partial charge in [0.05, 0.1) is 0 Å². The minimum atomic E-state index is -1.03. The van der Waals surface area contributed by atoms with Gasteiger partial charge < -0.3 is 9.84 Å². The van der Waals surface area contributed by atoms with E-state index in [1.165, 1.54) is 6.92 Å². The van der Waals surface area contributed by atoms with Crippen LogP contribution >= 0.6 is 0 Å². The van der Waals surface area contributed by atoms with Crippen LogP contribution in [0, 0.1) is 5.41 Å². The van der Waals surface area contributed by atoms with Crippen molar-refractivity contribution < 1.29 is 39.4 Å². The molecule has 102 valence electrons. The first-order chi connectivity index (χ1) is 8.12. The summed E-state index contributed by atoms with van der Waals surface area (Å²) in [7, 11) is 0. The van der Waals surface area contributed by atoms with Crippen molar-refractivity contribution in [2.45, 2.75) is 59.7 Å². The van der Waals surface area contributed by atoms with E-state index in [0.29, 0.717) is 5.75 Å². The minimum Gasteiger partial charge on any atom is -0.822 e. The molecule has 0 bridgehead atoms. The Labute approximate surface area is 139 Å². The zero-order chi connectivity index (χ0) is 14.0. The maximum absolute atomic E-state index is 11.2. The van der Waals surface area contributed by atoms with E-state index in [1.807, 2.05) is 18.2 Å². The van der Waals surface area contributed by atoms with Crippen molar-refractivity contribution in [1.29, 1.82) is 0 Å². The quantitative estimate of drug-likeness (QED) is 0.590. The SMILES string of the molecule is CC([O-])Oc1ccccc1C(C)(C)CC(C)(C)C.[Na+]. The van der Waals surface area contributed by atoms with E-state index in [1.54, 1.807) is 0 Å². The molecule has 0 fully saturated rings. The van der Waals surface area contributed by atoms with Gasteiger partial charge in [0, 0.05) is 6.29 Å². The summed E-state index contributed by atoms with van der Waals surface area (Å²) in [5.41, 5.74) is 1.34. The van der Waals surface area contributed by atoms with Crippen LogP contribution in [0.25, 0.3) is 0 Å². The van der Waals surface area contributed by atoms with Gasteiger partial charge in [0.15, 0.2) is 0 Å². The summed E-state index contributed by atoms with van der Waals surface area (Å²) >= 11 is 0. The largest absolute Gasteiger partial charge is 1.00 e. The molecule has 0 saturated carbocycles. The molecule has 0 saturated heterocycles. The van der Waals surface area contributed by atoms with Crippen LogP contribution in [0.5, 0.6) is 5.75 Å². The van der Waals surface area contributed by atoms with Crippen molar-refractivity contribution in [1.82, 2.24) is 0 Å². The van der Waals surface area contributed by atoms with Gasteiger partial charge in [0.2, 0.25) is 0 Å².